The second kappa shape index (κ2) is 6.93. The second-order valence-corrected chi connectivity index (χ2v) is 5.91. The van der Waals surface area contributed by atoms with Crippen LogP contribution in [0.4, 0.5) is 0 Å². The number of benzene rings is 2. The van der Waals surface area contributed by atoms with E-state index in [1.54, 1.807) is 14.2 Å². The summed E-state index contributed by atoms with van der Waals surface area (Å²) in [6, 6.07) is 14.2. The summed E-state index contributed by atoms with van der Waals surface area (Å²) in [5.41, 5.74) is 8.93. The van der Waals surface area contributed by atoms with Gasteiger partial charge in [0.2, 0.25) is 5.91 Å². The van der Waals surface area contributed by atoms with Gasteiger partial charge in [-0.05, 0) is 35.2 Å². The third kappa shape index (κ3) is 3.08. The van der Waals surface area contributed by atoms with E-state index in [1.165, 1.54) is 5.56 Å². The van der Waals surface area contributed by atoms with Crippen LogP contribution in [0, 0.1) is 0 Å². The van der Waals surface area contributed by atoms with Crippen LogP contribution < -0.4 is 15.2 Å². The minimum absolute atomic E-state index is 0.0257. The fourth-order valence-corrected chi connectivity index (χ4v) is 3.39. The number of amides is 1. The lowest BCUT2D eigenvalue weighted by atomic mass is 9.87. The van der Waals surface area contributed by atoms with Crippen LogP contribution in [0.1, 0.15) is 22.7 Å². The zero-order chi connectivity index (χ0) is 17.1. The Morgan fingerprint density at radius 2 is 1.83 bits per heavy atom. The molecule has 1 aliphatic rings. The van der Waals surface area contributed by atoms with Crippen LogP contribution in [0.15, 0.2) is 42.5 Å². The molecule has 1 aliphatic heterocycles. The summed E-state index contributed by atoms with van der Waals surface area (Å²) < 4.78 is 10.9. The average molecular weight is 326 g/mol. The monoisotopic (exact) mass is 326 g/mol. The summed E-state index contributed by atoms with van der Waals surface area (Å²) in [7, 11) is 3.27. The van der Waals surface area contributed by atoms with Crippen molar-refractivity contribution in [2.45, 2.75) is 12.5 Å². The highest BCUT2D eigenvalue weighted by Gasteiger charge is 2.30. The summed E-state index contributed by atoms with van der Waals surface area (Å²) in [5, 5.41) is 0. The Morgan fingerprint density at radius 3 is 2.46 bits per heavy atom. The maximum atomic E-state index is 11.5. The molecular formula is C19H22N2O3. The number of primary amides is 1. The van der Waals surface area contributed by atoms with Gasteiger partial charge >= 0.3 is 0 Å². The van der Waals surface area contributed by atoms with Crippen molar-refractivity contribution in [3.63, 3.8) is 0 Å². The smallest absolute Gasteiger partial charge is 0.231 e. The van der Waals surface area contributed by atoms with Crippen molar-refractivity contribution in [3.05, 3.63) is 59.2 Å². The Bertz CT molecular complexity index is 731. The van der Waals surface area contributed by atoms with E-state index in [4.69, 9.17) is 15.2 Å². The Morgan fingerprint density at radius 1 is 1.17 bits per heavy atom. The molecule has 0 bridgehead atoms. The van der Waals surface area contributed by atoms with E-state index in [9.17, 15) is 4.79 Å². The molecule has 0 saturated carbocycles. The third-order valence-corrected chi connectivity index (χ3v) is 4.45. The van der Waals surface area contributed by atoms with E-state index in [0.29, 0.717) is 5.75 Å². The molecule has 5 heteroatoms. The Kier molecular flexibility index (Phi) is 4.71. The van der Waals surface area contributed by atoms with E-state index >= 15 is 0 Å². The first kappa shape index (κ1) is 16.3. The molecule has 3 rings (SSSR count). The second-order valence-electron chi connectivity index (χ2n) is 5.91. The Balaban J connectivity index is 2.12. The lowest BCUT2D eigenvalue weighted by molar-refractivity contribution is -0.119. The van der Waals surface area contributed by atoms with E-state index in [-0.39, 0.29) is 18.5 Å². The zero-order valence-electron chi connectivity index (χ0n) is 14.0. The van der Waals surface area contributed by atoms with Crippen LogP contribution in [0.25, 0.3) is 0 Å². The number of nitrogens with zero attached hydrogens (tertiary/aromatic N) is 1. The minimum Gasteiger partial charge on any atom is -0.493 e. The number of carbonyl (C=O) groups excluding carboxylic acids is 1. The fourth-order valence-electron chi connectivity index (χ4n) is 3.39. The molecule has 0 aromatic heterocycles. The van der Waals surface area contributed by atoms with Gasteiger partial charge in [-0.2, -0.15) is 0 Å². The van der Waals surface area contributed by atoms with Crippen LogP contribution in [-0.4, -0.2) is 38.1 Å². The first-order valence-electron chi connectivity index (χ1n) is 7.96. The highest BCUT2D eigenvalue weighted by molar-refractivity contribution is 5.76. The highest BCUT2D eigenvalue weighted by Crippen LogP contribution is 2.40. The van der Waals surface area contributed by atoms with Crippen molar-refractivity contribution in [1.29, 1.82) is 0 Å². The summed E-state index contributed by atoms with van der Waals surface area (Å²) in [6.07, 6.45) is 0.840. The number of rotatable bonds is 5. The molecule has 0 unspecified atom stereocenters. The maximum Gasteiger partial charge on any atom is 0.231 e. The molecule has 0 fully saturated rings. The van der Waals surface area contributed by atoms with E-state index in [0.717, 1.165) is 29.8 Å². The quantitative estimate of drug-likeness (QED) is 0.914. The van der Waals surface area contributed by atoms with E-state index in [2.05, 4.69) is 17.0 Å². The lowest BCUT2D eigenvalue weighted by Gasteiger charge is -2.37. The third-order valence-electron chi connectivity index (χ3n) is 4.45. The number of fused-ring (bicyclic) bond motifs is 1. The molecule has 1 amide bonds. The number of ether oxygens (including phenoxy) is 2. The standard InChI is InChI=1S/C19H22N2O3/c1-23-16-10-14-8-9-21(12-18(20)22)19(13-6-4-3-5-7-13)15(14)11-17(16)24-2/h3-7,10-11,19H,8-9,12H2,1-2H3,(H2,20,22)/t19-/m1/s1. The van der Waals surface area contributed by atoms with Crippen LogP contribution >= 0.6 is 0 Å². The van der Waals surface area contributed by atoms with Crippen LogP contribution in [0.5, 0.6) is 11.5 Å². The van der Waals surface area contributed by atoms with Gasteiger partial charge < -0.3 is 15.2 Å². The molecule has 0 spiro atoms. The summed E-state index contributed by atoms with van der Waals surface area (Å²) in [6.45, 7) is 0.998. The molecule has 2 aromatic rings. The summed E-state index contributed by atoms with van der Waals surface area (Å²) in [4.78, 5) is 13.6. The first-order valence-corrected chi connectivity index (χ1v) is 7.96. The average Bonchev–Trinajstić information content (AvgIpc) is 2.60. The molecule has 0 radical (unpaired) electrons. The summed E-state index contributed by atoms with van der Waals surface area (Å²) >= 11 is 0. The molecule has 0 aliphatic carbocycles. The Hall–Kier alpha value is -2.53. The van der Waals surface area contributed by atoms with Crippen molar-refractivity contribution in [3.8, 4) is 11.5 Å². The number of methoxy groups -OCH3 is 2. The van der Waals surface area contributed by atoms with Gasteiger partial charge in [-0.15, -0.1) is 0 Å². The van der Waals surface area contributed by atoms with E-state index in [1.807, 2.05) is 30.3 Å². The van der Waals surface area contributed by atoms with Gasteiger partial charge in [0.1, 0.15) is 0 Å². The van der Waals surface area contributed by atoms with Crippen LogP contribution in [0.2, 0.25) is 0 Å². The number of carbonyl (C=O) groups is 1. The molecule has 24 heavy (non-hydrogen) atoms. The maximum absolute atomic E-state index is 11.5. The molecule has 0 saturated heterocycles. The fraction of sp³-hybridized carbons (Fsp3) is 0.316. The SMILES string of the molecule is COc1cc2c(cc1OC)[C@@H](c1ccccc1)N(CC(N)=O)CC2. The lowest BCUT2D eigenvalue weighted by Crippen LogP contribution is -2.41. The Labute approximate surface area is 142 Å². The van der Waals surface area contributed by atoms with Gasteiger partial charge in [0, 0.05) is 6.54 Å². The van der Waals surface area contributed by atoms with Crippen molar-refractivity contribution in [2.75, 3.05) is 27.3 Å². The van der Waals surface area contributed by atoms with Gasteiger partial charge in [-0.25, -0.2) is 0 Å². The van der Waals surface area contributed by atoms with Crippen molar-refractivity contribution < 1.29 is 14.3 Å². The number of nitrogens with two attached hydrogens (primary N) is 1. The summed E-state index contributed by atoms with van der Waals surface area (Å²) in [5.74, 6) is 1.10. The molecule has 1 heterocycles. The van der Waals surface area contributed by atoms with Gasteiger partial charge in [-0.1, -0.05) is 30.3 Å². The van der Waals surface area contributed by atoms with Gasteiger partial charge in [0.15, 0.2) is 11.5 Å². The first-order chi connectivity index (χ1) is 11.6. The molecule has 2 N–H and O–H groups in total. The number of hydrogen-bond acceptors (Lipinski definition) is 4. The van der Waals surface area contributed by atoms with E-state index < -0.39 is 0 Å². The molecule has 1 atom stereocenters. The van der Waals surface area contributed by atoms with Gasteiger partial charge in [0.25, 0.3) is 0 Å². The molecule has 2 aromatic carbocycles. The van der Waals surface area contributed by atoms with Gasteiger partial charge in [0.05, 0.1) is 26.8 Å². The normalized spacial score (nSPS) is 17.2. The van der Waals surface area contributed by atoms with Crippen LogP contribution in [0.3, 0.4) is 0 Å². The largest absolute Gasteiger partial charge is 0.493 e. The molecular weight excluding hydrogens is 304 g/mol. The molecule has 5 nitrogen and oxygen atoms in total. The van der Waals surface area contributed by atoms with Crippen molar-refractivity contribution in [1.82, 2.24) is 4.90 Å². The highest BCUT2D eigenvalue weighted by atomic mass is 16.5. The molecule has 126 valence electrons. The predicted octanol–water partition coefficient (Wildman–Crippen LogP) is 2.14. The number of hydrogen-bond donors (Lipinski definition) is 1. The van der Waals surface area contributed by atoms with Gasteiger partial charge in [-0.3, -0.25) is 9.69 Å². The topological polar surface area (TPSA) is 64.8 Å². The van der Waals surface area contributed by atoms with Crippen molar-refractivity contribution in [2.24, 2.45) is 5.73 Å². The van der Waals surface area contributed by atoms with Crippen LogP contribution in [-0.2, 0) is 11.2 Å². The van der Waals surface area contributed by atoms with Crippen molar-refractivity contribution >= 4 is 5.91 Å². The minimum atomic E-state index is -0.320. The zero-order valence-corrected chi connectivity index (χ0v) is 14.0. The predicted molar refractivity (Wildman–Crippen MR) is 92.3 cm³/mol.